The van der Waals surface area contributed by atoms with Crippen LogP contribution in [0.15, 0.2) is 18.2 Å². The van der Waals surface area contributed by atoms with Gasteiger partial charge < -0.3 is 24.3 Å². The van der Waals surface area contributed by atoms with Crippen LogP contribution in [0.25, 0.3) is 0 Å². The first-order chi connectivity index (χ1) is 12.1. The van der Waals surface area contributed by atoms with Gasteiger partial charge in [0.15, 0.2) is 22.7 Å². The molecule has 1 aromatic rings. The summed E-state index contributed by atoms with van der Waals surface area (Å²) in [6.07, 6.45) is 1.54. The number of hydrazine groups is 1. The lowest BCUT2D eigenvalue weighted by Gasteiger charge is -2.17. The lowest BCUT2D eigenvalue weighted by atomic mass is 10.2. The number of hydrogen-bond acceptors (Lipinski definition) is 6. The lowest BCUT2D eigenvalue weighted by molar-refractivity contribution is -0.127. The van der Waals surface area contributed by atoms with E-state index >= 15 is 0 Å². The van der Waals surface area contributed by atoms with E-state index in [-0.39, 0.29) is 18.8 Å². The van der Waals surface area contributed by atoms with Gasteiger partial charge in [-0.1, -0.05) is 0 Å². The number of fused-ring (bicyclic) bond motifs is 1. The first-order valence-electron chi connectivity index (χ1n) is 8.13. The Kier molecular flexibility index (Phi) is 5.77. The van der Waals surface area contributed by atoms with Gasteiger partial charge in [0.05, 0.1) is 6.10 Å². The summed E-state index contributed by atoms with van der Waals surface area (Å²) in [5, 5.41) is 3.34. The van der Waals surface area contributed by atoms with E-state index in [9.17, 15) is 4.79 Å². The highest BCUT2D eigenvalue weighted by Crippen LogP contribution is 2.35. The molecule has 3 N–H and O–H groups in total. The molecule has 0 spiro atoms. The Morgan fingerprint density at radius 3 is 3.00 bits per heavy atom. The Morgan fingerprint density at radius 2 is 2.20 bits per heavy atom. The quantitative estimate of drug-likeness (QED) is 0.522. The molecule has 25 heavy (non-hydrogen) atoms. The second-order valence-electron chi connectivity index (χ2n) is 5.73. The third-order valence-corrected chi connectivity index (χ3v) is 4.09. The molecule has 2 aliphatic heterocycles. The number of hydrogen-bond donors (Lipinski definition) is 3. The van der Waals surface area contributed by atoms with E-state index in [0.29, 0.717) is 28.9 Å². The summed E-state index contributed by atoms with van der Waals surface area (Å²) in [4.78, 5) is 12.1. The maximum atomic E-state index is 12.1. The molecule has 2 heterocycles. The second-order valence-corrected chi connectivity index (χ2v) is 6.14. The maximum Gasteiger partial charge on any atom is 0.279 e. The van der Waals surface area contributed by atoms with Crippen LogP contribution in [-0.4, -0.2) is 43.2 Å². The highest BCUT2D eigenvalue weighted by Gasteiger charge is 2.19. The summed E-state index contributed by atoms with van der Waals surface area (Å²) < 4.78 is 21.6. The minimum atomic E-state index is -0.714. The van der Waals surface area contributed by atoms with Crippen molar-refractivity contribution in [2.24, 2.45) is 0 Å². The van der Waals surface area contributed by atoms with Crippen LogP contribution >= 0.6 is 12.2 Å². The van der Waals surface area contributed by atoms with E-state index in [1.54, 1.807) is 25.1 Å². The molecule has 0 saturated carbocycles. The van der Waals surface area contributed by atoms with Crippen LogP contribution in [0, 0.1) is 0 Å². The largest absolute Gasteiger partial charge is 0.481 e. The Morgan fingerprint density at radius 1 is 1.36 bits per heavy atom. The van der Waals surface area contributed by atoms with Crippen molar-refractivity contribution in [3.05, 3.63) is 18.2 Å². The molecule has 0 aromatic heterocycles. The minimum absolute atomic E-state index is 0.170. The molecule has 1 fully saturated rings. The molecule has 0 bridgehead atoms. The van der Waals surface area contributed by atoms with Gasteiger partial charge in [-0.3, -0.25) is 15.6 Å². The minimum Gasteiger partial charge on any atom is -0.481 e. The fourth-order valence-electron chi connectivity index (χ4n) is 2.48. The van der Waals surface area contributed by atoms with Crippen LogP contribution in [0.1, 0.15) is 19.8 Å². The van der Waals surface area contributed by atoms with Crippen molar-refractivity contribution in [1.82, 2.24) is 16.2 Å². The van der Waals surface area contributed by atoms with Crippen LogP contribution in [0.2, 0.25) is 0 Å². The SMILES string of the molecule is C[C@H](Oc1ccc2c(c1)OCO2)C(=O)NNC(=S)NC[C@@H]1CCCO1. The Balaban J connectivity index is 1.39. The smallest absolute Gasteiger partial charge is 0.279 e. The highest BCUT2D eigenvalue weighted by molar-refractivity contribution is 7.80. The number of nitrogens with one attached hydrogen (secondary N) is 3. The van der Waals surface area contributed by atoms with Crippen molar-refractivity contribution in [3.63, 3.8) is 0 Å². The van der Waals surface area contributed by atoms with Gasteiger partial charge in [0, 0.05) is 19.2 Å². The van der Waals surface area contributed by atoms with Gasteiger partial charge in [-0.15, -0.1) is 0 Å². The molecule has 0 radical (unpaired) electrons. The van der Waals surface area contributed by atoms with Gasteiger partial charge in [-0.05, 0) is 44.1 Å². The standard InChI is InChI=1S/C16H21N3O5S/c1-10(24-11-4-5-13-14(7-11)23-9-22-13)15(20)18-19-16(25)17-8-12-3-2-6-21-12/h4-5,7,10,12H,2-3,6,8-9H2,1H3,(H,18,20)(H2,17,19,25)/t10-,12-/m0/s1. The lowest BCUT2D eigenvalue weighted by Crippen LogP contribution is -2.51. The van der Waals surface area contributed by atoms with E-state index in [0.717, 1.165) is 19.4 Å². The normalized spacial score (nSPS) is 19.2. The van der Waals surface area contributed by atoms with Crippen LogP contribution in [0.5, 0.6) is 17.2 Å². The zero-order valence-electron chi connectivity index (χ0n) is 13.9. The summed E-state index contributed by atoms with van der Waals surface area (Å²) in [6, 6.07) is 5.15. The Hall–Kier alpha value is -2.26. The third-order valence-electron chi connectivity index (χ3n) is 3.84. The summed E-state index contributed by atoms with van der Waals surface area (Å²) in [6.45, 7) is 3.24. The molecule has 1 aromatic carbocycles. The molecule has 1 saturated heterocycles. The number of rotatable bonds is 5. The molecular weight excluding hydrogens is 346 g/mol. The maximum absolute atomic E-state index is 12.1. The zero-order chi connectivity index (χ0) is 17.6. The third kappa shape index (κ3) is 4.86. The Bertz CT molecular complexity index is 636. The molecule has 8 nitrogen and oxygen atoms in total. The fraction of sp³-hybridized carbons (Fsp3) is 0.500. The van der Waals surface area contributed by atoms with Gasteiger partial charge >= 0.3 is 0 Å². The summed E-state index contributed by atoms with van der Waals surface area (Å²) in [5.74, 6) is 1.43. The van der Waals surface area contributed by atoms with Gasteiger partial charge in [-0.25, -0.2) is 0 Å². The van der Waals surface area contributed by atoms with E-state index in [2.05, 4.69) is 16.2 Å². The van der Waals surface area contributed by atoms with E-state index in [4.69, 9.17) is 31.2 Å². The van der Waals surface area contributed by atoms with E-state index in [1.807, 2.05) is 0 Å². The molecule has 136 valence electrons. The number of thiocarbonyl (C=S) groups is 1. The summed E-state index contributed by atoms with van der Waals surface area (Å²) in [7, 11) is 0. The number of benzene rings is 1. The van der Waals surface area contributed by atoms with Crippen LogP contribution < -0.4 is 30.4 Å². The predicted molar refractivity (Wildman–Crippen MR) is 93.5 cm³/mol. The Labute approximate surface area is 151 Å². The van der Waals surface area contributed by atoms with Crippen molar-refractivity contribution in [3.8, 4) is 17.2 Å². The molecule has 0 unspecified atom stereocenters. The van der Waals surface area contributed by atoms with Gasteiger partial charge in [-0.2, -0.15) is 0 Å². The van der Waals surface area contributed by atoms with Crippen LogP contribution in [0.3, 0.4) is 0 Å². The topological polar surface area (TPSA) is 90.1 Å². The van der Waals surface area contributed by atoms with Crippen molar-refractivity contribution in [2.45, 2.75) is 32.0 Å². The zero-order valence-corrected chi connectivity index (χ0v) is 14.7. The van der Waals surface area contributed by atoms with Crippen molar-refractivity contribution in [1.29, 1.82) is 0 Å². The van der Waals surface area contributed by atoms with Gasteiger partial charge in [0.1, 0.15) is 5.75 Å². The molecular formula is C16H21N3O5S. The van der Waals surface area contributed by atoms with Crippen LogP contribution in [-0.2, 0) is 9.53 Å². The van der Waals surface area contributed by atoms with Crippen LogP contribution in [0.4, 0.5) is 0 Å². The fourth-order valence-corrected chi connectivity index (χ4v) is 2.62. The van der Waals surface area contributed by atoms with E-state index in [1.165, 1.54) is 0 Å². The predicted octanol–water partition coefficient (Wildman–Crippen LogP) is 0.857. The number of carbonyl (C=O) groups is 1. The second kappa shape index (κ2) is 8.21. The summed E-state index contributed by atoms with van der Waals surface area (Å²) in [5.41, 5.74) is 5.17. The van der Waals surface area contributed by atoms with Crippen molar-refractivity contribution in [2.75, 3.05) is 19.9 Å². The van der Waals surface area contributed by atoms with Crippen molar-refractivity contribution < 1.29 is 23.7 Å². The number of carbonyl (C=O) groups excluding carboxylic acids is 1. The molecule has 2 atom stereocenters. The van der Waals surface area contributed by atoms with Gasteiger partial charge in [0.2, 0.25) is 6.79 Å². The molecule has 0 aliphatic carbocycles. The highest BCUT2D eigenvalue weighted by atomic mass is 32.1. The number of amides is 1. The first kappa shape index (κ1) is 17.6. The van der Waals surface area contributed by atoms with Gasteiger partial charge in [0.25, 0.3) is 5.91 Å². The number of ether oxygens (including phenoxy) is 4. The molecule has 9 heteroatoms. The molecule has 1 amide bonds. The average molecular weight is 367 g/mol. The van der Waals surface area contributed by atoms with Crippen molar-refractivity contribution >= 4 is 23.2 Å². The van der Waals surface area contributed by atoms with E-state index < -0.39 is 6.10 Å². The molecule has 3 rings (SSSR count). The molecule has 2 aliphatic rings. The monoisotopic (exact) mass is 367 g/mol. The first-order valence-corrected chi connectivity index (χ1v) is 8.54. The average Bonchev–Trinajstić information content (AvgIpc) is 3.28. The summed E-state index contributed by atoms with van der Waals surface area (Å²) >= 11 is 5.11.